The summed E-state index contributed by atoms with van der Waals surface area (Å²) in [6, 6.07) is -0.909. The second kappa shape index (κ2) is 49.2. The molecule has 3 unspecified atom stereocenters. The van der Waals surface area contributed by atoms with E-state index in [2.05, 4.69) is 67.8 Å². The highest BCUT2D eigenvalue weighted by molar-refractivity contribution is 7.45. The van der Waals surface area contributed by atoms with E-state index in [4.69, 9.17) is 9.05 Å². The molecule has 2 N–H and O–H groups in total. The number of amides is 1. The van der Waals surface area contributed by atoms with Crippen LogP contribution in [-0.4, -0.2) is 68.5 Å². The minimum absolute atomic E-state index is 0.0100. The van der Waals surface area contributed by atoms with Crippen LogP contribution in [-0.2, 0) is 18.4 Å². The topological polar surface area (TPSA) is 108 Å². The highest BCUT2D eigenvalue weighted by atomic mass is 31.2. The Morgan fingerprint density at radius 3 is 1.34 bits per heavy atom. The van der Waals surface area contributed by atoms with Crippen LogP contribution in [0.4, 0.5) is 0 Å². The zero-order valence-electron chi connectivity index (χ0n) is 44.6. The summed E-state index contributed by atoms with van der Waals surface area (Å²) in [6.07, 6.45) is 66.1. The number of likely N-dealkylation sites (N-methyl/N-ethyl adjacent to an activating group) is 1. The highest BCUT2D eigenvalue weighted by Crippen LogP contribution is 2.38. The third-order valence-corrected chi connectivity index (χ3v) is 13.4. The summed E-state index contributed by atoms with van der Waals surface area (Å²) in [4.78, 5) is 25.4. The van der Waals surface area contributed by atoms with Gasteiger partial charge < -0.3 is 28.8 Å². The fourth-order valence-corrected chi connectivity index (χ4v) is 8.69. The van der Waals surface area contributed by atoms with Crippen molar-refractivity contribution in [2.75, 3.05) is 40.9 Å². The first-order valence-corrected chi connectivity index (χ1v) is 29.6. The molecule has 0 aliphatic heterocycles. The van der Waals surface area contributed by atoms with Crippen LogP contribution in [0.5, 0.6) is 0 Å². The molecule has 0 fully saturated rings. The molecule has 0 aromatic rings. The van der Waals surface area contributed by atoms with Crippen molar-refractivity contribution >= 4 is 13.7 Å². The number of nitrogens with one attached hydrogen (secondary N) is 1. The minimum atomic E-state index is -4.60. The number of carbonyl (C=O) groups is 1. The zero-order valence-corrected chi connectivity index (χ0v) is 45.5. The maximum atomic E-state index is 12.9. The van der Waals surface area contributed by atoms with Crippen LogP contribution in [0.25, 0.3) is 0 Å². The van der Waals surface area contributed by atoms with E-state index in [-0.39, 0.29) is 12.5 Å². The lowest BCUT2D eigenvalue weighted by Crippen LogP contribution is -2.45. The summed E-state index contributed by atoms with van der Waals surface area (Å²) >= 11 is 0. The second-order valence-electron chi connectivity index (χ2n) is 20.3. The summed E-state index contributed by atoms with van der Waals surface area (Å²) in [5.41, 5.74) is 0. The van der Waals surface area contributed by atoms with E-state index in [9.17, 15) is 19.4 Å². The molecule has 0 spiro atoms. The lowest BCUT2D eigenvalue weighted by molar-refractivity contribution is -0.870. The third kappa shape index (κ3) is 51.9. The van der Waals surface area contributed by atoms with Gasteiger partial charge in [0.2, 0.25) is 5.91 Å². The molecule has 0 aromatic heterocycles. The van der Waals surface area contributed by atoms with Gasteiger partial charge in [-0.15, -0.1) is 0 Å². The number of nitrogens with zero attached hydrogens (tertiary/aromatic N) is 1. The number of aliphatic hydroxyl groups is 1. The largest absolute Gasteiger partial charge is 0.756 e. The van der Waals surface area contributed by atoms with Crippen LogP contribution in [0.2, 0.25) is 0 Å². The van der Waals surface area contributed by atoms with E-state index in [0.29, 0.717) is 17.4 Å². The number of hydrogen-bond donors (Lipinski definition) is 2. The van der Waals surface area contributed by atoms with Gasteiger partial charge in [0.05, 0.1) is 39.9 Å². The number of carbonyl (C=O) groups excluding carboxylic acids is 1. The van der Waals surface area contributed by atoms with Crippen molar-refractivity contribution < 1.29 is 32.9 Å². The molecule has 1 amide bonds. The molecule has 0 bridgehead atoms. The first-order valence-electron chi connectivity index (χ1n) is 28.2. The summed E-state index contributed by atoms with van der Waals surface area (Å²) < 4.78 is 23.2. The maximum Gasteiger partial charge on any atom is 0.268 e. The van der Waals surface area contributed by atoms with E-state index in [1.54, 1.807) is 6.08 Å². The summed E-state index contributed by atoms with van der Waals surface area (Å²) in [5.74, 6) is -0.212. The number of phosphoric ester groups is 1. The normalized spacial score (nSPS) is 14.4. The van der Waals surface area contributed by atoms with E-state index in [1.807, 2.05) is 27.2 Å². The minimum Gasteiger partial charge on any atom is -0.756 e. The van der Waals surface area contributed by atoms with Gasteiger partial charge >= 0.3 is 0 Å². The van der Waals surface area contributed by atoms with Crippen LogP contribution >= 0.6 is 7.82 Å². The van der Waals surface area contributed by atoms with E-state index in [0.717, 1.165) is 57.8 Å². The predicted molar refractivity (Wildman–Crippen MR) is 288 cm³/mol. The molecule has 67 heavy (non-hydrogen) atoms. The van der Waals surface area contributed by atoms with Crippen LogP contribution in [0.1, 0.15) is 251 Å². The van der Waals surface area contributed by atoms with Crippen LogP contribution in [0, 0.1) is 0 Å². The van der Waals surface area contributed by atoms with Gasteiger partial charge in [0.15, 0.2) is 0 Å². The summed E-state index contributed by atoms with van der Waals surface area (Å²) in [6.45, 7) is 4.57. The van der Waals surface area contributed by atoms with Crippen LogP contribution in [0.3, 0.4) is 0 Å². The van der Waals surface area contributed by atoms with Gasteiger partial charge in [-0.3, -0.25) is 9.36 Å². The van der Waals surface area contributed by atoms with Crippen molar-refractivity contribution in [1.82, 2.24) is 5.32 Å². The Labute approximate surface area is 415 Å². The zero-order chi connectivity index (χ0) is 49.2. The lowest BCUT2D eigenvalue weighted by Gasteiger charge is -2.29. The summed E-state index contributed by atoms with van der Waals surface area (Å²) in [5, 5.41) is 13.8. The monoisotopic (exact) mass is 961 g/mol. The van der Waals surface area contributed by atoms with Crippen molar-refractivity contribution in [2.45, 2.75) is 264 Å². The molecule has 0 radical (unpaired) electrons. The Morgan fingerprint density at radius 1 is 0.522 bits per heavy atom. The SMILES string of the molecule is CCCC/C=C/CC/C=C/CC/C=C/C(O)C(COP(=O)([O-])OCC[N+](C)(C)C)NC(=O)CCCCCCCCCCCCCCCCCCC/C=C\C/C=C\CCCCCCCCCCC. The van der Waals surface area contributed by atoms with Gasteiger partial charge in [-0.2, -0.15) is 0 Å². The first-order chi connectivity index (χ1) is 32.5. The van der Waals surface area contributed by atoms with E-state index < -0.39 is 26.6 Å². The number of allylic oxidation sites excluding steroid dienone is 9. The third-order valence-electron chi connectivity index (χ3n) is 12.4. The summed E-state index contributed by atoms with van der Waals surface area (Å²) in [7, 11) is 1.23. The molecule has 0 aromatic carbocycles. The van der Waals surface area contributed by atoms with Crippen molar-refractivity contribution in [3.05, 3.63) is 60.8 Å². The molecule has 0 aliphatic carbocycles. The molecular weight excluding hydrogens is 852 g/mol. The van der Waals surface area contributed by atoms with Crippen molar-refractivity contribution in [3.63, 3.8) is 0 Å². The quantitative estimate of drug-likeness (QED) is 0.0272. The number of hydrogen-bond acceptors (Lipinski definition) is 6. The molecular formula is C58H109N2O6P. The van der Waals surface area contributed by atoms with Gasteiger partial charge in [0.25, 0.3) is 7.82 Å². The Hall–Kier alpha value is -1.80. The molecule has 0 heterocycles. The van der Waals surface area contributed by atoms with Gasteiger partial charge in [-0.05, 0) is 70.6 Å². The molecule has 9 heteroatoms. The molecule has 0 saturated heterocycles. The molecule has 392 valence electrons. The Balaban J connectivity index is 4.03. The van der Waals surface area contributed by atoms with Crippen LogP contribution < -0.4 is 10.2 Å². The average molecular weight is 961 g/mol. The molecule has 0 saturated carbocycles. The van der Waals surface area contributed by atoms with Crippen LogP contribution in [0.15, 0.2) is 60.8 Å². The molecule has 8 nitrogen and oxygen atoms in total. The Bertz CT molecular complexity index is 1270. The highest BCUT2D eigenvalue weighted by Gasteiger charge is 2.23. The van der Waals surface area contributed by atoms with Gasteiger partial charge in [0, 0.05) is 6.42 Å². The molecule has 3 atom stereocenters. The van der Waals surface area contributed by atoms with Crippen molar-refractivity contribution in [1.29, 1.82) is 0 Å². The van der Waals surface area contributed by atoms with E-state index in [1.165, 1.54) is 173 Å². The maximum absolute atomic E-state index is 12.9. The van der Waals surface area contributed by atoms with Crippen molar-refractivity contribution in [2.24, 2.45) is 0 Å². The van der Waals surface area contributed by atoms with Crippen molar-refractivity contribution in [3.8, 4) is 0 Å². The average Bonchev–Trinajstić information content (AvgIpc) is 3.29. The number of aliphatic hydroxyl groups excluding tert-OH is 1. The van der Waals surface area contributed by atoms with E-state index >= 15 is 0 Å². The smallest absolute Gasteiger partial charge is 0.268 e. The first kappa shape index (κ1) is 65.2. The standard InChI is InChI=1S/C58H109N2O6P/c1-6-8-10-12-14-16-18-20-21-22-23-24-25-26-27-28-29-30-31-32-33-34-35-36-37-38-39-40-42-44-46-48-50-52-58(62)59-56(55-66-67(63,64)65-54-53-60(3,4)5)57(61)51-49-47-45-43-41-19-17-15-13-11-9-7-2/h13,15,23-24,26-27,41,43,49,51,56-57,61H,6-12,14,16-22,25,28-40,42,44-48,50,52-55H2,1-5H3,(H-,59,62,63,64)/b15-13+,24-23-,27-26-,43-41+,51-49+. The van der Waals surface area contributed by atoms with Gasteiger partial charge in [-0.1, -0.05) is 235 Å². The lowest BCUT2D eigenvalue weighted by atomic mass is 10.0. The predicted octanol–water partition coefficient (Wildman–Crippen LogP) is 16.3. The second-order valence-corrected chi connectivity index (χ2v) is 21.7. The number of unbranched alkanes of at least 4 members (excludes halogenated alkanes) is 30. The number of quaternary nitrogens is 1. The fraction of sp³-hybridized carbons (Fsp3) is 0.810. The fourth-order valence-electron chi connectivity index (χ4n) is 7.97. The number of phosphoric acid groups is 1. The molecule has 0 rings (SSSR count). The number of rotatable bonds is 51. The molecule has 0 aliphatic rings. The van der Waals surface area contributed by atoms with Gasteiger partial charge in [0.1, 0.15) is 13.2 Å². The Morgan fingerprint density at radius 2 is 0.896 bits per heavy atom. The van der Waals surface area contributed by atoms with Gasteiger partial charge in [-0.25, -0.2) is 0 Å². The Kier molecular flexibility index (Phi) is 47.9.